The number of unbranched alkanes of at least 4 members (excludes halogenated alkanes) is 1. The van der Waals surface area contributed by atoms with Crippen LogP contribution < -0.4 is 5.73 Å². The summed E-state index contributed by atoms with van der Waals surface area (Å²) in [7, 11) is 0. The van der Waals surface area contributed by atoms with E-state index in [-0.39, 0.29) is 12.1 Å². The van der Waals surface area contributed by atoms with Crippen molar-refractivity contribution in [1.82, 2.24) is 0 Å². The van der Waals surface area contributed by atoms with E-state index in [1.54, 1.807) is 0 Å². The lowest BCUT2D eigenvalue weighted by molar-refractivity contribution is -0.151. The van der Waals surface area contributed by atoms with Gasteiger partial charge in [0.05, 0.1) is 0 Å². The van der Waals surface area contributed by atoms with E-state index in [0.717, 1.165) is 25.7 Å². The van der Waals surface area contributed by atoms with Gasteiger partial charge in [0.15, 0.2) is 0 Å². The molecule has 88 valence electrons. The number of carbonyl (C=O) groups excluding carboxylic acids is 1. The fourth-order valence-corrected chi connectivity index (χ4v) is 2.14. The molecule has 3 nitrogen and oxygen atoms in total. The Labute approximate surface area is 92.4 Å². The molecule has 2 unspecified atom stereocenters. The van der Waals surface area contributed by atoms with E-state index in [9.17, 15) is 4.79 Å². The summed E-state index contributed by atoms with van der Waals surface area (Å²) in [6.07, 6.45) is 7.05. The first-order valence-corrected chi connectivity index (χ1v) is 6.12. The number of hydrogen-bond donors (Lipinski definition) is 1. The number of rotatable bonds is 5. The normalized spacial score (nSPS) is 26.3. The Morgan fingerprint density at radius 2 is 2.20 bits per heavy atom. The largest absolute Gasteiger partial charge is 0.462 e. The standard InChI is InChI=1S/C12H23NO2/c1-10-5-4-6-11(9-10)15-12(14)7-2-3-8-13/h10-11H,2-9,13H2,1H3. The topological polar surface area (TPSA) is 52.3 Å². The SMILES string of the molecule is CC1CCCC(OC(=O)CCCCN)C1. The molecular weight excluding hydrogens is 190 g/mol. The van der Waals surface area contributed by atoms with Gasteiger partial charge in [0.1, 0.15) is 6.10 Å². The van der Waals surface area contributed by atoms with E-state index in [4.69, 9.17) is 10.5 Å². The molecule has 0 aromatic carbocycles. The molecule has 0 heterocycles. The fraction of sp³-hybridized carbons (Fsp3) is 0.917. The van der Waals surface area contributed by atoms with Crippen LogP contribution in [0.3, 0.4) is 0 Å². The van der Waals surface area contributed by atoms with Gasteiger partial charge in [-0.25, -0.2) is 0 Å². The van der Waals surface area contributed by atoms with Crippen LogP contribution in [-0.4, -0.2) is 18.6 Å². The van der Waals surface area contributed by atoms with Crippen molar-refractivity contribution in [2.24, 2.45) is 11.7 Å². The minimum absolute atomic E-state index is 0.0393. The Morgan fingerprint density at radius 1 is 1.40 bits per heavy atom. The predicted octanol–water partition coefficient (Wildman–Crippen LogP) is 2.24. The summed E-state index contributed by atoms with van der Waals surface area (Å²) < 4.78 is 5.43. The maximum Gasteiger partial charge on any atom is 0.306 e. The zero-order chi connectivity index (χ0) is 11.1. The molecule has 0 bridgehead atoms. The molecule has 0 radical (unpaired) electrons. The van der Waals surface area contributed by atoms with Crippen molar-refractivity contribution in [2.75, 3.05) is 6.54 Å². The molecule has 0 spiro atoms. The molecule has 0 saturated heterocycles. The highest BCUT2D eigenvalue weighted by atomic mass is 16.5. The zero-order valence-corrected chi connectivity index (χ0v) is 9.71. The smallest absolute Gasteiger partial charge is 0.306 e. The molecule has 0 aromatic rings. The molecule has 0 aromatic heterocycles. The average Bonchev–Trinajstić information content (AvgIpc) is 2.18. The molecule has 1 aliphatic carbocycles. The van der Waals surface area contributed by atoms with E-state index in [1.165, 1.54) is 12.8 Å². The van der Waals surface area contributed by atoms with Crippen molar-refractivity contribution in [1.29, 1.82) is 0 Å². The van der Waals surface area contributed by atoms with E-state index in [2.05, 4.69) is 6.92 Å². The van der Waals surface area contributed by atoms with Crippen molar-refractivity contribution >= 4 is 5.97 Å². The lowest BCUT2D eigenvalue weighted by atomic mass is 9.89. The van der Waals surface area contributed by atoms with Crippen LogP contribution in [0.2, 0.25) is 0 Å². The van der Waals surface area contributed by atoms with Crippen LogP contribution in [0.15, 0.2) is 0 Å². The lowest BCUT2D eigenvalue weighted by Crippen LogP contribution is -2.24. The highest BCUT2D eigenvalue weighted by Gasteiger charge is 2.21. The number of esters is 1. The quantitative estimate of drug-likeness (QED) is 0.563. The van der Waals surface area contributed by atoms with Gasteiger partial charge in [-0.15, -0.1) is 0 Å². The van der Waals surface area contributed by atoms with Crippen LogP contribution in [0.1, 0.15) is 51.9 Å². The van der Waals surface area contributed by atoms with Gasteiger partial charge >= 0.3 is 5.97 Å². The van der Waals surface area contributed by atoms with Gasteiger partial charge in [-0.2, -0.15) is 0 Å². The maximum atomic E-state index is 11.4. The number of carbonyl (C=O) groups is 1. The number of ether oxygens (including phenoxy) is 1. The Kier molecular flexibility index (Phi) is 5.69. The summed E-state index contributed by atoms with van der Waals surface area (Å²) in [5.41, 5.74) is 5.37. The van der Waals surface area contributed by atoms with Crippen LogP contribution in [0.4, 0.5) is 0 Å². The average molecular weight is 213 g/mol. The Morgan fingerprint density at radius 3 is 2.87 bits per heavy atom. The monoisotopic (exact) mass is 213 g/mol. The van der Waals surface area contributed by atoms with Gasteiger partial charge in [0, 0.05) is 6.42 Å². The van der Waals surface area contributed by atoms with Crippen molar-refractivity contribution in [3.63, 3.8) is 0 Å². The second-order valence-electron chi connectivity index (χ2n) is 4.63. The summed E-state index contributed by atoms with van der Waals surface area (Å²) in [5.74, 6) is 0.670. The first kappa shape index (κ1) is 12.5. The highest BCUT2D eigenvalue weighted by molar-refractivity contribution is 5.69. The van der Waals surface area contributed by atoms with Crippen molar-refractivity contribution in [3.8, 4) is 0 Å². The maximum absolute atomic E-state index is 11.4. The van der Waals surface area contributed by atoms with Gasteiger partial charge in [-0.1, -0.05) is 13.3 Å². The van der Waals surface area contributed by atoms with E-state index < -0.39 is 0 Å². The van der Waals surface area contributed by atoms with Crippen LogP contribution in [0.25, 0.3) is 0 Å². The van der Waals surface area contributed by atoms with Gasteiger partial charge in [-0.05, 0) is 44.6 Å². The molecule has 3 heteroatoms. The number of hydrogen-bond acceptors (Lipinski definition) is 3. The molecule has 15 heavy (non-hydrogen) atoms. The molecule has 2 atom stereocenters. The van der Waals surface area contributed by atoms with E-state index in [1.807, 2.05) is 0 Å². The highest BCUT2D eigenvalue weighted by Crippen LogP contribution is 2.25. The van der Waals surface area contributed by atoms with Crippen LogP contribution in [0, 0.1) is 5.92 Å². The Hall–Kier alpha value is -0.570. The number of nitrogens with two attached hydrogens (primary N) is 1. The van der Waals surface area contributed by atoms with Crippen molar-refractivity contribution < 1.29 is 9.53 Å². The summed E-state index contributed by atoms with van der Waals surface area (Å²) in [4.78, 5) is 11.4. The zero-order valence-electron chi connectivity index (χ0n) is 9.71. The summed E-state index contributed by atoms with van der Waals surface area (Å²) in [6, 6.07) is 0. The van der Waals surface area contributed by atoms with Gasteiger partial charge in [0.25, 0.3) is 0 Å². The van der Waals surface area contributed by atoms with E-state index >= 15 is 0 Å². The Balaban J connectivity index is 2.13. The summed E-state index contributed by atoms with van der Waals surface area (Å²) in [6.45, 7) is 2.89. The molecule has 1 saturated carbocycles. The molecule has 1 rings (SSSR count). The predicted molar refractivity (Wildman–Crippen MR) is 60.4 cm³/mol. The van der Waals surface area contributed by atoms with Crippen molar-refractivity contribution in [2.45, 2.75) is 58.0 Å². The second-order valence-corrected chi connectivity index (χ2v) is 4.63. The third-order valence-corrected chi connectivity index (χ3v) is 3.02. The molecule has 0 aliphatic heterocycles. The van der Waals surface area contributed by atoms with E-state index in [0.29, 0.717) is 18.9 Å². The van der Waals surface area contributed by atoms with Crippen LogP contribution in [0.5, 0.6) is 0 Å². The lowest BCUT2D eigenvalue weighted by Gasteiger charge is -2.26. The fourth-order valence-electron chi connectivity index (χ4n) is 2.14. The second kappa shape index (κ2) is 6.83. The van der Waals surface area contributed by atoms with Crippen LogP contribution in [-0.2, 0) is 9.53 Å². The molecule has 0 amide bonds. The first-order valence-electron chi connectivity index (χ1n) is 6.12. The summed E-state index contributed by atoms with van der Waals surface area (Å²) in [5, 5.41) is 0. The first-order chi connectivity index (χ1) is 7.22. The molecule has 1 aliphatic rings. The van der Waals surface area contributed by atoms with Gasteiger partial charge in [0.2, 0.25) is 0 Å². The van der Waals surface area contributed by atoms with Gasteiger partial charge < -0.3 is 10.5 Å². The van der Waals surface area contributed by atoms with Crippen molar-refractivity contribution in [3.05, 3.63) is 0 Å². The van der Waals surface area contributed by atoms with Gasteiger partial charge in [-0.3, -0.25) is 4.79 Å². The minimum atomic E-state index is -0.0393. The minimum Gasteiger partial charge on any atom is -0.462 e. The molecule has 1 fully saturated rings. The van der Waals surface area contributed by atoms with Crippen LogP contribution >= 0.6 is 0 Å². The molecular formula is C12H23NO2. The third-order valence-electron chi connectivity index (χ3n) is 3.02. The molecule has 2 N–H and O–H groups in total. The Bertz CT molecular complexity index is 194. The summed E-state index contributed by atoms with van der Waals surface area (Å²) >= 11 is 0. The third kappa shape index (κ3) is 5.17.